The maximum atomic E-state index is 12.4. The highest BCUT2D eigenvalue weighted by molar-refractivity contribution is 7.89. The third kappa shape index (κ3) is 2.94. The van der Waals surface area contributed by atoms with Gasteiger partial charge in [-0.05, 0) is 31.0 Å². The monoisotopic (exact) mass is 297 g/mol. The standard InChI is InChI=1S/C13H19N3O3S/c1-2-13(17)15-12-9-10(5-6-11(12)14)20(18,19)16-7-3-4-8-16/h5-6,9H,2-4,7-8,14H2,1H3,(H,15,17). The number of rotatable bonds is 4. The van der Waals surface area contributed by atoms with Gasteiger partial charge in [-0.15, -0.1) is 0 Å². The molecular weight excluding hydrogens is 278 g/mol. The highest BCUT2D eigenvalue weighted by Crippen LogP contribution is 2.26. The first kappa shape index (κ1) is 14.8. The van der Waals surface area contributed by atoms with Crippen LogP contribution in [-0.4, -0.2) is 31.7 Å². The number of amides is 1. The van der Waals surface area contributed by atoms with Gasteiger partial charge >= 0.3 is 0 Å². The van der Waals surface area contributed by atoms with Crippen molar-refractivity contribution in [3.63, 3.8) is 0 Å². The molecule has 0 atom stereocenters. The largest absolute Gasteiger partial charge is 0.397 e. The molecule has 0 radical (unpaired) electrons. The van der Waals surface area contributed by atoms with E-state index in [4.69, 9.17) is 5.73 Å². The molecule has 0 saturated carbocycles. The zero-order valence-corrected chi connectivity index (χ0v) is 12.2. The van der Waals surface area contributed by atoms with Crippen LogP contribution in [0.2, 0.25) is 0 Å². The summed E-state index contributed by atoms with van der Waals surface area (Å²) in [6.45, 7) is 2.81. The summed E-state index contributed by atoms with van der Waals surface area (Å²) in [5.41, 5.74) is 6.46. The summed E-state index contributed by atoms with van der Waals surface area (Å²) in [4.78, 5) is 11.6. The number of benzene rings is 1. The van der Waals surface area contributed by atoms with Gasteiger partial charge in [-0.3, -0.25) is 4.79 Å². The van der Waals surface area contributed by atoms with Crippen LogP contribution in [-0.2, 0) is 14.8 Å². The van der Waals surface area contributed by atoms with Gasteiger partial charge in [0.1, 0.15) is 0 Å². The van der Waals surface area contributed by atoms with Gasteiger partial charge in [0.15, 0.2) is 0 Å². The summed E-state index contributed by atoms with van der Waals surface area (Å²) in [5, 5.41) is 2.62. The van der Waals surface area contributed by atoms with Gasteiger partial charge in [-0.1, -0.05) is 6.92 Å². The van der Waals surface area contributed by atoms with Crippen molar-refractivity contribution < 1.29 is 13.2 Å². The first-order chi connectivity index (χ1) is 9.45. The Hall–Kier alpha value is -1.60. The zero-order valence-electron chi connectivity index (χ0n) is 11.4. The quantitative estimate of drug-likeness (QED) is 0.822. The highest BCUT2D eigenvalue weighted by atomic mass is 32.2. The molecule has 1 aliphatic heterocycles. The van der Waals surface area contributed by atoms with E-state index in [2.05, 4.69) is 5.32 Å². The van der Waals surface area contributed by atoms with E-state index in [1.165, 1.54) is 22.5 Å². The van der Waals surface area contributed by atoms with Crippen LogP contribution in [0.25, 0.3) is 0 Å². The van der Waals surface area contributed by atoms with Gasteiger partial charge < -0.3 is 11.1 Å². The molecule has 0 spiro atoms. The number of nitrogens with two attached hydrogens (primary N) is 1. The Morgan fingerprint density at radius 2 is 2.00 bits per heavy atom. The molecule has 1 amide bonds. The number of nitrogens with one attached hydrogen (secondary N) is 1. The van der Waals surface area contributed by atoms with Gasteiger partial charge in [-0.25, -0.2) is 8.42 Å². The summed E-state index contributed by atoms with van der Waals surface area (Å²) >= 11 is 0. The zero-order chi connectivity index (χ0) is 14.8. The van der Waals surface area contributed by atoms with E-state index in [1.54, 1.807) is 6.92 Å². The third-order valence-corrected chi connectivity index (χ3v) is 5.22. The smallest absolute Gasteiger partial charge is 0.243 e. The minimum absolute atomic E-state index is 0.167. The Bertz CT molecular complexity index is 607. The Labute approximate surface area is 119 Å². The topological polar surface area (TPSA) is 92.5 Å². The number of carbonyl (C=O) groups excluding carboxylic acids is 1. The molecule has 1 fully saturated rings. The lowest BCUT2D eigenvalue weighted by Gasteiger charge is -2.17. The number of carbonyl (C=O) groups is 1. The Kier molecular flexibility index (Phi) is 4.29. The van der Waals surface area contributed by atoms with Crippen LogP contribution in [0.5, 0.6) is 0 Å². The van der Waals surface area contributed by atoms with E-state index < -0.39 is 10.0 Å². The van der Waals surface area contributed by atoms with E-state index in [0.29, 0.717) is 30.9 Å². The first-order valence-electron chi connectivity index (χ1n) is 6.64. The average Bonchev–Trinajstić information content (AvgIpc) is 2.95. The van der Waals surface area contributed by atoms with Gasteiger partial charge in [-0.2, -0.15) is 4.31 Å². The molecule has 0 bridgehead atoms. The third-order valence-electron chi connectivity index (χ3n) is 3.32. The molecule has 0 aromatic heterocycles. The fourth-order valence-electron chi connectivity index (χ4n) is 2.12. The molecule has 1 heterocycles. The minimum Gasteiger partial charge on any atom is -0.397 e. The predicted molar refractivity (Wildman–Crippen MR) is 77.8 cm³/mol. The Morgan fingerprint density at radius 3 is 2.60 bits per heavy atom. The van der Waals surface area contributed by atoms with Crippen molar-refractivity contribution in [2.45, 2.75) is 31.1 Å². The molecule has 110 valence electrons. The molecule has 20 heavy (non-hydrogen) atoms. The fourth-order valence-corrected chi connectivity index (χ4v) is 3.66. The molecular formula is C13H19N3O3S. The van der Waals surface area contributed by atoms with Crippen LogP contribution in [0.3, 0.4) is 0 Å². The van der Waals surface area contributed by atoms with Gasteiger partial charge in [0.25, 0.3) is 0 Å². The summed E-state index contributed by atoms with van der Waals surface area (Å²) in [7, 11) is -3.49. The first-order valence-corrected chi connectivity index (χ1v) is 8.08. The van der Waals surface area contributed by atoms with Gasteiger partial charge in [0.05, 0.1) is 16.3 Å². The maximum absolute atomic E-state index is 12.4. The minimum atomic E-state index is -3.49. The molecule has 0 aliphatic carbocycles. The van der Waals surface area contributed by atoms with Crippen molar-refractivity contribution >= 4 is 27.3 Å². The van der Waals surface area contributed by atoms with Crippen molar-refractivity contribution in [1.29, 1.82) is 0 Å². The number of nitrogens with zero attached hydrogens (tertiary/aromatic N) is 1. The van der Waals surface area contributed by atoms with Crippen LogP contribution >= 0.6 is 0 Å². The number of hydrogen-bond acceptors (Lipinski definition) is 4. The van der Waals surface area contributed by atoms with Crippen molar-refractivity contribution in [2.75, 3.05) is 24.1 Å². The Balaban J connectivity index is 2.33. The second-order valence-electron chi connectivity index (χ2n) is 4.76. The average molecular weight is 297 g/mol. The van der Waals surface area contributed by atoms with Crippen molar-refractivity contribution in [3.8, 4) is 0 Å². The molecule has 0 unspecified atom stereocenters. The van der Waals surface area contributed by atoms with Gasteiger partial charge in [0.2, 0.25) is 15.9 Å². The van der Waals surface area contributed by atoms with E-state index >= 15 is 0 Å². The van der Waals surface area contributed by atoms with E-state index in [-0.39, 0.29) is 10.8 Å². The maximum Gasteiger partial charge on any atom is 0.243 e. The number of nitrogen functional groups attached to an aromatic ring is 1. The van der Waals surface area contributed by atoms with Crippen LogP contribution in [0.15, 0.2) is 23.1 Å². The molecule has 2 rings (SSSR count). The molecule has 3 N–H and O–H groups in total. The normalized spacial score (nSPS) is 16.2. The Morgan fingerprint density at radius 1 is 1.35 bits per heavy atom. The lowest BCUT2D eigenvalue weighted by atomic mass is 10.2. The summed E-state index contributed by atoms with van der Waals surface area (Å²) in [6, 6.07) is 4.41. The van der Waals surface area contributed by atoms with Crippen LogP contribution in [0.1, 0.15) is 26.2 Å². The van der Waals surface area contributed by atoms with Gasteiger partial charge in [0, 0.05) is 19.5 Å². The molecule has 1 aliphatic rings. The van der Waals surface area contributed by atoms with Crippen LogP contribution in [0.4, 0.5) is 11.4 Å². The second-order valence-corrected chi connectivity index (χ2v) is 6.70. The summed E-state index contributed by atoms with van der Waals surface area (Å²) < 4.78 is 26.3. The number of hydrogen-bond donors (Lipinski definition) is 2. The summed E-state index contributed by atoms with van der Waals surface area (Å²) in [5.74, 6) is -0.201. The fraction of sp³-hybridized carbons (Fsp3) is 0.462. The molecule has 1 saturated heterocycles. The van der Waals surface area contributed by atoms with Crippen molar-refractivity contribution in [1.82, 2.24) is 4.31 Å². The lowest BCUT2D eigenvalue weighted by Crippen LogP contribution is -2.28. The van der Waals surface area contributed by atoms with E-state index in [0.717, 1.165) is 12.8 Å². The molecule has 6 nitrogen and oxygen atoms in total. The van der Waals surface area contributed by atoms with Crippen LogP contribution in [0, 0.1) is 0 Å². The predicted octanol–water partition coefficient (Wildman–Crippen LogP) is 1.40. The van der Waals surface area contributed by atoms with Crippen molar-refractivity contribution in [2.24, 2.45) is 0 Å². The highest BCUT2D eigenvalue weighted by Gasteiger charge is 2.27. The number of sulfonamides is 1. The number of anilines is 2. The molecule has 1 aromatic carbocycles. The SMILES string of the molecule is CCC(=O)Nc1cc(S(=O)(=O)N2CCCC2)ccc1N. The second kappa shape index (κ2) is 5.80. The van der Waals surface area contributed by atoms with Crippen molar-refractivity contribution in [3.05, 3.63) is 18.2 Å². The van der Waals surface area contributed by atoms with E-state index in [1.807, 2.05) is 0 Å². The summed E-state index contributed by atoms with van der Waals surface area (Å²) in [6.07, 6.45) is 2.07. The van der Waals surface area contributed by atoms with E-state index in [9.17, 15) is 13.2 Å². The molecule has 7 heteroatoms. The molecule has 1 aromatic rings. The lowest BCUT2D eigenvalue weighted by molar-refractivity contribution is -0.115. The van der Waals surface area contributed by atoms with Crippen LogP contribution < -0.4 is 11.1 Å².